The van der Waals surface area contributed by atoms with Crippen molar-refractivity contribution in [1.29, 1.82) is 0 Å². The minimum atomic E-state index is 0.608. The Labute approximate surface area is 151 Å². The lowest BCUT2D eigenvalue weighted by Gasteiger charge is -2.09. The number of benzene rings is 1. The highest BCUT2D eigenvalue weighted by atomic mass is 35.5. The predicted octanol–water partition coefficient (Wildman–Crippen LogP) is 5.42. The number of pyridine rings is 1. The Morgan fingerprint density at radius 1 is 1.16 bits per heavy atom. The number of aromatic nitrogens is 2. The van der Waals surface area contributed by atoms with Crippen molar-refractivity contribution in [2.75, 3.05) is 5.32 Å². The first-order valence-electron chi connectivity index (χ1n) is 8.28. The molecule has 4 rings (SSSR count). The summed E-state index contributed by atoms with van der Waals surface area (Å²) in [6.45, 7) is 2.75. The molecule has 0 unspecified atom stereocenters. The van der Waals surface area contributed by atoms with Gasteiger partial charge in [0.15, 0.2) is 5.76 Å². The number of hydrogen-bond donors (Lipinski definition) is 1. The Bertz CT molecular complexity index is 1010. The molecule has 1 aromatic carbocycles. The molecule has 3 heterocycles. The van der Waals surface area contributed by atoms with Gasteiger partial charge >= 0.3 is 0 Å². The number of anilines is 1. The third-order valence-corrected chi connectivity index (χ3v) is 4.63. The fourth-order valence-electron chi connectivity index (χ4n) is 2.88. The van der Waals surface area contributed by atoms with E-state index in [9.17, 15) is 0 Å². The summed E-state index contributed by atoms with van der Waals surface area (Å²) in [4.78, 5) is 4.77. The second kappa shape index (κ2) is 6.65. The van der Waals surface area contributed by atoms with Crippen molar-refractivity contribution < 1.29 is 4.42 Å². The van der Waals surface area contributed by atoms with Gasteiger partial charge in [0.05, 0.1) is 6.26 Å². The fourth-order valence-corrected chi connectivity index (χ4v) is 3.08. The number of halogens is 1. The van der Waals surface area contributed by atoms with E-state index in [4.69, 9.17) is 21.0 Å². The Morgan fingerprint density at radius 2 is 2.04 bits per heavy atom. The number of fused-ring (bicyclic) bond motifs is 1. The van der Waals surface area contributed by atoms with E-state index in [1.807, 2.05) is 47.0 Å². The van der Waals surface area contributed by atoms with E-state index in [0.717, 1.165) is 39.9 Å². The molecule has 0 bridgehead atoms. The molecular formula is C20H18ClN3O. The highest BCUT2D eigenvalue weighted by Crippen LogP contribution is 2.30. The average molecular weight is 352 g/mol. The van der Waals surface area contributed by atoms with Crippen LogP contribution in [0.1, 0.15) is 18.1 Å². The van der Waals surface area contributed by atoms with Crippen LogP contribution in [0.4, 0.5) is 5.82 Å². The van der Waals surface area contributed by atoms with Crippen molar-refractivity contribution in [3.8, 4) is 11.5 Å². The molecule has 0 aliphatic rings. The zero-order valence-electron chi connectivity index (χ0n) is 13.9. The Balaban J connectivity index is 1.77. The van der Waals surface area contributed by atoms with Crippen LogP contribution in [0.15, 0.2) is 65.4 Å². The summed E-state index contributed by atoms with van der Waals surface area (Å²) < 4.78 is 7.63. The van der Waals surface area contributed by atoms with E-state index >= 15 is 0 Å². The third kappa shape index (κ3) is 3.01. The molecule has 0 aliphatic heterocycles. The summed E-state index contributed by atoms with van der Waals surface area (Å²) in [5, 5.41) is 4.22. The second-order valence-corrected chi connectivity index (χ2v) is 6.26. The molecule has 0 aliphatic carbocycles. The maximum absolute atomic E-state index is 6.28. The molecular weight excluding hydrogens is 334 g/mol. The first-order valence-corrected chi connectivity index (χ1v) is 8.66. The van der Waals surface area contributed by atoms with E-state index in [0.29, 0.717) is 6.54 Å². The van der Waals surface area contributed by atoms with Crippen LogP contribution < -0.4 is 5.32 Å². The molecule has 4 nitrogen and oxygen atoms in total. The van der Waals surface area contributed by atoms with Crippen LogP contribution in [-0.2, 0) is 13.0 Å². The van der Waals surface area contributed by atoms with Crippen LogP contribution >= 0.6 is 11.6 Å². The molecule has 0 saturated carbocycles. The third-order valence-electron chi connectivity index (χ3n) is 4.26. The standard InChI is InChI=1S/C20H18ClN3O/c1-2-14-9-10-24-18(12-14)23-19(17-8-5-11-25-17)20(24)22-13-15-6-3-4-7-16(15)21/h3-12,22H,2,13H2,1H3. The maximum Gasteiger partial charge on any atom is 0.156 e. The van der Waals surface area contributed by atoms with Crippen molar-refractivity contribution in [1.82, 2.24) is 9.38 Å². The number of furan rings is 1. The average Bonchev–Trinajstić information content (AvgIpc) is 3.28. The molecule has 0 atom stereocenters. The van der Waals surface area contributed by atoms with E-state index in [1.165, 1.54) is 5.56 Å². The quantitative estimate of drug-likeness (QED) is 0.522. The lowest BCUT2D eigenvalue weighted by Crippen LogP contribution is -2.04. The van der Waals surface area contributed by atoms with Crippen molar-refractivity contribution in [2.45, 2.75) is 19.9 Å². The Hall–Kier alpha value is -2.72. The lowest BCUT2D eigenvalue weighted by atomic mass is 10.2. The zero-order valence-corrected chi connectivity index (χ0v) is 14.6. The van der Waals surface area contributed by atoms with Crippen molar-refractivity contribution in [3.63, 3.8) is 0 Å². The van der Waals surface area contributed by atoms with Crippen LogP contribution in [0.3, 0.4) is 0 Å². The number of hydrogen-bond acceptors (Lipinski definition) is 3. The molecule has 0 fully saturated rings. The number of nitrogens with one attached hydrogen (secondary N) is 1. The smallest absolute Gasteiger partial charge is 0.156 e. The van der Waals surface area contributed by atoms with Gasteiger partial charge in [0.1, 0.15) is 17.2 Å². The number of imidazole rings is 1. The fraction of sp³-hybridized carbons (Fsp3) is 0.150. The summed E-state index contributed by atoms with van der Waals surface area (Å²) in [6.07, 6.45) is 4.68. The zero-order chi connectivity index (χ0) is 17.2. The van der Waals surface area contributed by atoms with Crippen molar-refractivity contribution >= 4 is 23.1 Å². The predicted molar refractivity (Wildman–Crippen MR) is 101 cm³/mol. The molecule has 4 aromatic rings. The summed E-state index contributed by atoms with van der Waals surface area (Å²) in [6, 6.07) is 15.8. The molecule has 25 heavy (non-hydrogen) atoms. The van der Waals surface area contributed by atoms with Gasteiger partial charge in [-0.1, -0.05) is 36.7 Å². The molecule has 0 spiro atoms. The second-order valence-electron chi connectivity index (χ2n) is 5.85. The Morgan fingerprint density at radius 3 is 2.80 bits per heavy atom. The van der Waals surface area contributed by atoms with Crippen LogP contribution in [-0.4, -0.2) is 9.38 Å². The number of nitrogens with zero attached hydrogens (tertiary/aromatic N) is 2. The molecule has 5 heteroatoms. The molecule has 0 saturated heterocycles. The van der Waals surface area contributed by atoms with Gasteiger partial charge in [-0.05, 0) is 47.9 Å². The van der Waals surface area contributed by atoms with Crippen molar-refractivity contribution in [3.05, 3.63) is 77.1 Å². The van der Waals surface area contributed by atoms with Gasteiger partial charge in [0.25, 0.3) is 0 Å². The highest BCUT2D eigenvalue weighted by molar-refractivity contribution is 6.31. The van der Waals surface area contributed by atoms with Crippen LogP contribution in [0.25, 0.3) is 17.1 Å². The number of rotatable bonds is 5. The summed E-state index contributed by atoms with van der Waals surface area (Å²) >= 11 is 6.28. The van der Waals surface area contributed by atoms with E-state index in [-0.39, 0.29) is 0 Å². The maximum atomic E-state index is 6.28. The van der Waals surface area contributed by atoms with Crippen LogP contribution in [0, 0.1) is 0 Å². The van der Waals surface area contributed by atoms with Gasteiger partial charge in [0.2, 0.25) is 0 Å². The van der Waals surface area contributed by atoms with E-state index < -0.39 is 0 Å². The molecule has 0 amide bonds. The molecule has 1 N–H and O–H groups in total. The summed E-state index contributed by atoms with van der Waals surface area (Å²) in [5.74, 6) is 1.64. The minimum Gasteiger partial charge on any atom is -0.463 e. The largest absolute Gasteiger partial charge is 0.463 e. The molecule has 0 radical (unpaired) electrons. The van der Waals surface area contributed by atoms with E-state index in [2.05, 4.69) is 24.4 Å². The summed E-state index contributed by atoms with van der Waals surface area (Å²) in [7, 11) is 0. The highest BCUT2D eigenvalue weighted by Gasteiger charge is 2.16. The van der Waals surface area contributed by atoms with Gasteiger partial charge in [0, 0.05) is 17.8 Å². The monoisotopic (exact) mass is 351 g/mol. The van der Waals surface area contributed by atoms with Gasteiger partial charge in [-0.15, -0.1) is 0 Å². The molecule has 3 aromatic heterocycles. The first-order chi connectivity index (χ1) is 12.3. The summed E-state index contributed by atoms with van der Waals surface area (Å²) in [5.41, 5.74) is 3.98. The molecule has 126 valence electrons. The van der Waals surface area contributed by atoms with Gasteiger partial charge in [-0.2, -0.15) is 0 Å². The number of aryl methyl sites for hydroxylation is 1. The topological polar surface area (TPSA) is 42.5 Å². The lowest BCUT2D eigenvalue weighted by molar-refractivity contribution is 0.580. The Kier molecular flexibility index (Phi) is 4.20. The van der Waals surface area contributed by atoms with Crippen LogP contribution in [0.5, 0.6) is 0 Å². The van der Waals surface area contributed by atoms with Crippen LogP contribution in [0.2, 0.25) is 5.02 Å². The van der Waals surface area contributed by atoms with Crippen molar-refractivity contribution in [2.24, 2.45) is 0 Å². The minimum absolute atomic E-state index is 0.608. The SMILES string of the molecule is CCc1ccn2c(NCc3ccccc3Cl)c(-c3ccco3)nc2c1. The van der Waals surface area contributed by atoms with E-state index in [1.54, 1.807) is 6.26 Å². The first kappa shape index (κ1) is 15.8. The van der Waals surface area contributed by atoms with Gasteiger partial charge in [-0.3, -0.25) is 4.40 Å². The van der Waals surface area contributed by atoms with Gasteiger partial charge < -0.3 is 9.73 Å². The normalized spacial score (nSPS) is 11.1. The van der Waals surface area contributed by atoms with Gasteiger partial charge in [-0.25, -0.2) is 4.98 Å².